The minimum Gasteiger partial charge on any atom is -0.454 e. The lowest BCUT2D eigenvalue weighted by molar-refractivity contribution is -0.117. The Hall–Kier alpha value is -3.84. The monoisotopic (exact) mass is 445 g/mol. The summed E-state index contributed by atoms with van der Waals surface area (Å²) in [6.45, 7) is 1.50. The van der Waals surface area contributed by atoms with E-state index in [0.29, 0.717) is 24.3 Å². The molecule has 1 aliphatic rings. The number of benzene rings is 3. The summed E-state index contributed by atoms with van der Waals surface area (Å²) in [5, 5.41) is 5.80. The van der Waals surface area contributed by atoms with Gasteiger partial charge in [0.05, 0.1) is 17.8 Å². The summed E-state index contributed by atoms with van der Waals surface area (Å²) >= 11 is 0. The molecule has 2 N–H and O–H groups in total. The zero-order chi connectivity index (χ0) is 23.0. The van der Waals surface area contributed by atoms with E-state index in [2.05, 4.69) is 10.6 Å². The van der Waals surface area contributed by atoms with Crippen LogP contribution in [-0.4, -0.2) is 43.6 Å². The normalized spacial score (nSPS) is 11.9. The van der Waals surface area contributed by atoms with Crippen LogP contribution in [0, 0.1) is 0 Å². The van der Waals surface area contributed by atoms with Gasteiger partial charge in [0, 0.05) is 13.1 Å². The van der Waals surface area contributed by atoms with Crippen molar-refractivity contribution in [2.45, 2.75) is 13.0 Å². The number of carbonyl (C=O) groups is 2. The van der Waals surface area contributed by atoms with Crippen molar-refractivity contribution in [3.63, 3.8) is 0 Å². The van der Waals surface area contributed by atoms with Gasteiger partial charge in [-0.15, -0.1) is 0 Å². The van der Waals surface area contributed by atoms with Gasteiger partial charge in [-0.05, 0) is 48.9 Å². The second-order valence-corrected chi connectivity index (χ2v) is 7.95. The Kier molecular flexibility index (Phi) is 7.22. The number of para-hydroxylation sites is 1. The highest BCUT2D eigenvalue weighted by atomic mass is 16.7. The molecule has 0 bridgehead atoms. The summed E-state index contributed by atoms with van der Waals surface area (Å²) in [7, 11) is 1.87. The van der Waals surface area contributed by atoms with Gasteiger partial charge in [0.1, 0.15) is 0 Å². The minimum atomic E-state index is -0.212. The van der Waals surface area contributed by atoms with Crippen molar-refractivity contribution in [1.82, 2.24) is 10.2 Å². The van der Waals surface area contributed by atoms with E-state index in [0.717, 1.165) is 29.0 Å². The van der Waals surface area contributed by atoms with Gasteiger partial charge in [0.25, 0.3) is 5.91 Å². The van der Waals surface area contributed by atoms with Crippen LogP contribution in [0.15, 0.2) is 72.8 Å². The number of nitrogens with one attached hydrogen (secondary N) is 2. The van der Waals surface area contributed by atoms with Crippen molar-refractivity contribution >= 4 is 17.5 Å². The molecule has 3 aromatic carbocycles. The van der Waals surface area contributed by atoms with E-state index in [1.807, 2.05) is 60.5 Å². The molecule has 0 aromatic heterocycles. The van der Waals surface area contributed by atoms with Crippen LogP contribution in [0.2, 0.25) is 0 Å². The number of likely N-dealkylation sites (N-methyl/N-ethyl adjacent to an activating group) is 1. The minimum absolute atomic E-state index is 0.179. The Labute approximate surface area is 193 Å². The molecular weight excluding hydrogens is 418 g/mol. The van der Waals surface area contributed by atoms with Crippen molar-refractivity contribution in [3.05, 3.63) is 89.5 Å². The summed E-state index contributed by atoms with van der Waals surface area (Å²) in [4.78, 5) is 27.2. The quantitative estimate of drug-likeness (QED) is 0.527. The summed E-state index contributed by atoms with van der Waals surface area (Å²) < 4.78 is 10.7. The molecule has 7 heteroatoms. The van der Waals surface area contributed by atoms with E-state index in [9.17, 15) is 9.59 Å². The largest absolute Gasteiger partial charge is 0.454 e. The summed E-state index contributed by atoms with van der Waals surface area (Å²) in [5.41, 5.74) is 3.12. The number of fused-ring (bicyclic) bond motifs is 1. The van der Waals surface area contributed by atoms with Crippen molar-refractivity contribution in [2.24, 2.45) is 0 Å². The number of nitrogens with zero attached hydrogens (tertiary/aromatic N) is 1. The van der Waals surface area contributed by atoms with E-state index >= 15 is 0 Å². The molecule has 3 aromatic rings. The van der Waals surface area contributed by atoms with Gasteiger partial charge < -0.3 is 20.1 Å². The first-order valence-corrected chi connectivity index (χ1v) is 10.9. The van der Waals surface area contributed by atoms with Crippen LogP contribution in [0.4, 0.5) is 5.69 Å². The molecule has 0 aliphatic carbocycles. The van der Waals surface area contributed by atoms with Gasteiger partial charge in [-0.3, -0.25) is 14.5 Å². The number of rotatable bonds is 9. The fraction of sp³-hybridized carbons (Fsp3) is 0.231. The Morgan fingerprint density at radius 1 is 0.909 bits per heavy atom. The molecule has 0 radical (unpaired) electrons. The van der Waals surface area contributed by atoms with Crippen LogP contribution in [0.5, 0.6) is 11.5 Å². The van der Waals surface area contributed by atoms with Gasteiger partial charge in [0.15, 0.2) is 11.5 Å². The van der Waals surface area contributed by atoms with E-state index in [1.54, 1.807) is 24.3 Å². The highest BCUT2D eigenvalue weighted by Gasteiger charge is 2.16. The number of hydrogen-bond donors (Lipinski definition) is 2. The van der Waals surface area contributed by atoms with Gasteiger partial charge in [-0.2, -0.15) is 0 Å². The van der Waals surface area contributed by atoms with Crippen molar-refractivity contribution in [3.8, 4) is 11.5 Å². The molecule has 1 aliphatic heterocycles. The number of hydrogen-bond acceptors (Lipinski definition) is 5. The summed E-state index contributed by atoms with van der Waals surface area (Å²) in [5.74, 6) is 1.05. The lowest BCUT2D eigenvalue weighted by Crippen LogP contribution is -2.31. The molecule has 4 rings (SSSR count). The van der Waals surface area contributed by atoms with Crippen molar-refractivity contribution in [2.75, 3.05) is 32.2 Å². The highest BCUT2D eigenvalue weighted by Crippen LogP contribution is 2.32. The van der Waals surface area contributed by atoms with Gasteiger partial charge in [-0.25, -0.2) is 0 Å². The number of ether oxygens (including phenoxy) is 2. The molecule has 2 amide bonds. The first-order chi connectivity index (χ1) is 16.1. The standard InChI is InChI=1S/C26H27N3O4/c1-29(16-20-11-12-23-24(15-20)33-18-32-23)17-25(30)28-22-10-6-5-9-21(22)26(31)27-14-13-19-7-3-2-4-8-19/h2-12,15H,13-14,16-18H2,1H3,(H,27,31)(H,28,30). The van der Waals surface area contributed by atoms with Gasteiger partial charge in [0.2, 0.25) is 12.7 Å². The topological polar surface area (TPSA) is 79.9 Å². The summed E-state index contributed by atoms with van der Waals surface area (Å²) in [6.07, 6.45) is 0.742. The van der Waals surface area contributed by atoms with Gasteiger partial charge >= 0.3 is 0 Å². The Morgan fingerprint density at radius 2 is 1.67 bits per heavy atom. The molecule has 1 heterocycles. The molecule has 0 fully saturated rings. The SMILES string of the molecule is CN(CC(=O)Nc1ccccc1C(=O)NCCc1ccccc1)Cc1ccc2c(c1)OCO2. The van der Waals surface area contributed by atoms with Crippen LogP contribution >= 0.6 is 0 Å². The molecular formula is C26H27N3O4. The van der Waals surface area contributed by atoms with E-state index in [-0.39, 0.29) is 25.2 Å². The maximum absolute atomic E-state index is 12.7. The van der Waals surface area contributed by atoms with E-state index < -0.39 is 0 Å². The zero-order valence-corrected chi connectivity index (χ0v) is 18.5. The fourth-order valence-corrected chi connectivity index (χ4v) is 3.69. The number of carbonyl (C=O) groups excluding carboxylic acids is 2. The predicted molar refractivity (Wildman–Crippen MR) is 126 cm³/mol. The van der Waals surface area contributed by atoms with E-state index in [1.165, 1.54) is 0 Å². The lowest BCUT2D eigenvalue weighted by Gasteiger charge is -2.17. The van der Waals surface area contributed by atoms with E-state index in [4.69, 9.17) is 9.47 Å². The van der Waals surface area contributed by atoms with Crippen LogP contribution < -0.4 is 20.1 Å². The maximum Gasteiger partial charge on any atom is 0.253 e. The summed E-state index contributed by atoms with van der Waals surface area (Å²) in [6, 6.07) is 22.8. The number of anilines is 1. The van der Waals surface area contributed by atoms with Crippen molar-refractivity contribution in [1.29, 1.82) is 0 Å². The third kappa shape index (κ3) is 6.11. The third-order valence-corrected chi connectivity index (χ3v) is 5.29. The average molecular weight is 446 g/mol. The van der Waals surface area contributed by atoms with Crippen LogP contribution in [0.3, 0.4) is 0 Å². The molecule has 7 nitrogen and oxygen atoms in total. The first-order valence-electron chi connectivity index (χ1n) is 10.9. The Morgan fingerprint density at radius 3 is 2.52 bits per heavy atom. The van der Waals surface area contributed by atoms with Crippen LogP contribution in [-0.2, 0) is 17.8 Å². The zero-order valence-electron chi connectivity index (χ0n) is 18.5. The molecule has 170 valence electrons. The lowest BCUT2D eigenvalue weighted by atomic mass is 10.1. The average Bonchev–Trinajstić information content (AvgIpc) is 3.28. The molecule has 0 spiro atoms. The Bertz CT molecular complexity index is 1120. The first kappa shape index (κ1) is 22.4. The van der Waals surface area contributed by atoms with Crippen LogP contribution in [0.25, 0.3) is 0 Å². The van der Waals surface area contributed by atoms with Crippen molar-refractivity contribution < 1.29 is 19.1 Å². The predicted octanol–water partition coefficient (Wildman–Crippen LogP) is 3.46. The molecule has 33 heavy (non-hydrogen) atoms. The Balaban J connectivity index is 1.30. The molecule has 0 saturated heterocycles. The number of amides is 2. The third-order valence-electron chi connectivity index (χ3n) is 5.29. The fourth-order valence-electron chi connectivity index (χ4n) is 3.69. The van der Waals surface area contributed by atoms with Crippen LogP contribution in [0.1, 0.15) is 21.5 Å². The molecule has 0 atom stereocenters. The second kappa shape index (κ2) is 10.7. The smallest absolute Gasteiger partial charge is 0.253 e. The second-order valence-electron chi connectivity index (χ2n) is 7.95. The van der Waals surface area contributed by atoms with Gasteiger partial charge in [-0.1, -0.05) is 48.5 Å². The molecule has 0 saturated carbocycles. The highest BCUT2D eigenvalue weighted by molar-refractivity contribution is 6.04. The molecule has 0 unspecified atom stereocenters. The maximum atomic E-state index is 12.7.